The fourth-order valence-corrected chi connectivity index (χ4v) is 3.07. The molecular formula is C7H9F3O2S. The van der Waals surface area contributed by atoms with Gasteiger partial charge in [0.15, 0.2) is 0 Å². The van der Waals surface area contributed by atoms with Crippen LogP contribution in [0.2, 0.25) is 0 Å². The maximum Gasteiger partial charge on any atom is 0.302 e. The lowest BCUT2D eigenvalue weighted by Gasteiger charge is -2.34. The van der Waals surface area contributed by atoms with Crippen LogP contribution in [-0.4, -0.2) is 20.1 Å². The number of rotatable bonds is 2. The van der Waals surface area contributed by atoms with Gasteiger partial charge in [0, 0.05) is 11.8 Å². The molecule has 0 heterocycles. The van der Waals surface area contributed by atoms with Crippen LogP contribution in [-0.2, 0) is 10.2 Å². The van der Waals surface area contributed by atoms with E-state index in [0.717, 1.165) is 0 Å². The zero-order chi connectivity index (χ0) is 9.91. The van der Waals surface area contributed by atoms with E-state index in [2.05, 4.69) is 0 Å². The molecule has 0 aromatic carbocycles. The molecule has 2 fully saturated rings. The van der Waals surface area contributed by atoms with Gasteiger partial charge in [0.2, 0.25) is 0 Å². The van der Waals surface area contributed by atoms with Crippen LogP contribution >= 0.6 is 0 Å². The Kier molecular flexibility index (Phi) is 1.58. The van der Waals surface area contributed by atoms with E-state index >= 15 is 0 Å². The van der Waals surface area contributed by atoms with Gasteiger partial charge in [-0.3, -0.25) is 0 Å². The van der Waals surface area contributed by atoms with Crippen LogP contribution < -0.4 is 0 Å². The Morgan fingerprint density at radius 1 is 1.31 bits per heavy atom. The van der Waals surface area contributed by atoms with Gasteiger partial charge < -0.3 is 0 Å². The predicted molar refractivity (Wildman–Crippen MR) is 39.6 cm³/mol. The molecule has 0 N–H and O–H groups in total. The van der Waals surface area contributed by atoms with Gasteiger partial charge in [-0.25, -0.2) is 8.78 Å². The summed E-state index contributed by atoms with van der Waals surface area (Å²) in [5, 5.41) is 0. The second kappa shape index (κ2) is 2.21. The molecule has 0 aromatic rings. The summed E-state index contributed by atoms with van der Waals surface area (Å²) in [7, 11) is -4.49. The number of hydrogen-bond acceptors (Lipinski definition) is 2. The van der Waals surface area contributed by atoms with Crippen molar-refractivity contribution >= 4 is 10.2 Å². The van der Waals surface area contributed by atoms with E-state index in [-0.39, 0.29) is 19.3 Å². The minimum Gasteiger partial charge on any atom is -0.206 e. The van der Waals surface area contributed by atoms with Gasteiger partial charge in [-0.2, -0.15) is 8.42 Å². The first-order chi connectivity index (χ1) is 5.74. The molecule has 0 unspecified atom stereocenters. The Balaban J connectivity index is 1.87. The van der Waals surface area contributed by atoms with E-state index < -0.39 is 33.2 Å². The fourth-order valence-electron chi connectivity index (χ4n) is 2.27. The molecule has 0 bridgehead atoms. The lowest BCUT2D eigenvalue weighted by Crippen LogP contribution is -2.34. The number of alkyl halides is 2. The van der Waals surface area contributed by atoms with Gasteiger partial charge in [-0.15, -0.1) is 3.89 Å². The summed E-state index contributed by atoms with van der Waals surface area (Å²) in [4.78, 5) is 0. The normalized spacial score (nSPS) is 41.6. The molecule has 0 amide bonds. The summed E-state index contributed by atoms with van der Waals surface area (Å²) in [5.41, 5.74) is -0.956. The summed E-state index contributed by atoms with van der Waals surface area (Å²) < 4.78 is 57.6. The topological polar surface area (TPSA) is 34.1 Å². The highest BCUT2D eigenvalue weighted by atomic mass is 32.3. The summed E-state index contributed by atoms with van der Waals surface area (Å²) in [6.45, 7) is 0. The average molecular weight is 214 g/mol. The van der Waals surface area contributed by atoms with E-state index in [1.165, 1.54) is 0 Å². The van der Waals surface area contributed by atoms with E-state index in [9.17, 15) is 21.1 Å². The van der Waals surface area contributed by atoms with Crippen LogP contribution in [0, 0.1) is 11.3 Å². The maximum absolute atomic E-state index is 12.6. The van der Waals surface area contributed by atoms with E-state index in [1.54, 1.807) is 0 Å². The Hall–Kier alpha value is -0.260. The highest BCUT2D eigenvalue weighted by molar-refractivity contribution is 7.86. The van der Waals surface area contributed by atoms with Crippen molar-refractivity contribution in [2.45, 2.75) is 25.2 Å². The third-order valence-corrected chi connectivity index (χ3v) is 3.87. The average Bonchev–Trinajstić information content (AvgIpc) is 2.28. The monoisotopic (exact) mass is 214 g/mol. The first-order valence-electron chi connectivity index (χ1n) is 4.04. The largest absolute Gasteiger partial charge is 0.302 e. The lowest BCUT2D eigenvalue weighted by molar-refractivity contribution is 0.00727. The second-order valence-corrected chi connectivity index (χ2v) is 5.55. The molecule has 1 spiro atoms. The van der Waals surface area contributed by atoms with E-state index in [4.69, 9.17) is 0 Å². The minimum absolute atomic E-state index is 0.150. The van der Waals surface area contributed by atoms with Crippen LogP contribution in [0.5, 0.6) is 0 Å². The molecular weight excluding hydrogens is 205 g/mol. The lowest BCUT2D eigenvalue weighted by atomic mass is 9.72. The van der Waals surface area contributed by atoms with Crippen LogP contribution in [0.15, 0.2) is 0 Å². The standard InChI is InChI=1S/C7H9F3O2S/c8-7(9)4-6(7)1-5(2-6)3-13(10,11)12/h5H,1-4H2. The van der Waals surface area contributed by atoms with Gasteiger partial charge in [0.1, 0.15) is 0 Å². The first-order valence-corrected chi connectivity index (χ1v) is 5.60. The third-order valence-electron chi connectivity index (χ3n) is 3.00. The zero-order valence-corrected chi connectivity index (χ0v) is 7.58. The van der Waals surface area contributed by atoms with Crippen molar-refractivity contribution in [1.29, 1.82) is 0 Å². The second-order valence-electron chi connectivity index (χ2n) is 4.14. The first kappa shape index (κ1) is 9.30. The molecule has 2 rings (SSSR count). The molecule has 2 nitrogen and oxygen atoms in total. The Labute approximate surface area is 74.3 Å². The molecule has 2 saturated carbocycles. The van der Waals surface area contributed by atoms with Gasteiger partial charge in [0.05, 0.1) is 5.75 Å². The van der Waals surface area contributed by atoms with E-state index in [0.29, 0.717) is 0 Å². The molecule has 0 radical (unpaired) electrons. The molecule has 13 heavy (non-hydrogen) atoms. The molecule has 76 valence electrons. The van der Waals surface area contributed by atoms with Crippen LogP contribution in [0.4, 0.5) is 12.7 Å². The van der Waals surface area contributed by atoms with Crippen molar-refractivity contribution in [2.24, 2.45) is 11.3 Å². The Morgan fingerprint density at radius 3 is 2.08 bits per heavy atom. The zero-order valence-electron chi connectivity index (χ0n) is 6.76. The maximum atomic E-state index is 12.6. The van der Waals surface area contributed by atoms with Gasteiger partial charge in [-0.1, -0.05) is 0 Å². The van der Waals surface area contributed by atoms with Gasteiger partial charge in [0.25, 0.3) is 5.92 Å². The molecule has 0 saturated heterocycles. The van der Waals surface area contributed by atoms with Crippen molar-refractivity contribution < 1.29 is 21.1 Å². The van der Waals surface area contributed by atoms with Crippen molar-refractivity contribution in [1.82, 2.24) is 0 Å². The molecule has 2 aliphatic carbocycles. The Morgan fingerprint density at radius 2 is 1.77 bits per heavy atom. The summed E-state index contributed by atoms with van der Waals surface area (Å²) in [5.74, 6) is -3.61. The van der Waals surface area contributed by atoms with Crippen LogP contribution in [0.1, 0.15) is 19.3 Å². The summed E-state index contributed by atoms with van der Waals surface area (Å²) >= 11 is 0. The fraction of sp³-hybridized carbons (Fsp3) is 1.00. The molecule has 0 aliphatic heterocycles. The predicted octanol–water partition coefficient (Wildman–Crippen LogP) is 1.72. The highest BCUT2D eigenvalue weighted by Crippen LogP contribution is 2.72. The number of halogens is 3. The molecule has 6 heteroatoms. The van der Waals surface area contributed by atoms with Crippen molar-refractivity contribution in [2.75, 3.05) is 5.75 Å². The van der Waals surface area contributed by atoms with Crippen LogP contribution in [0.3, 0.4) is 0 Å². The smallest absolute Gasteiger partial charge is 0.206 e. The van der Waals surface area contributed by atoms with Crippen molar-refractivity contribution in [3.63, 3.8) is 0 Å². The molecule has 0 aromatic heterocycles. The third kappa shape index (κ3) is 1.45. The number of hydrogen-bond donors (Lipinski definition) is 0. The van der Waals surface area contributed by atoms with Crippen molar-refractivity contribution in [3.8, 4) is 0 Å². The highest BCUT2D eigenvalue weighted by Gasteiger charge is 2.75. The SMILES string of the molecule is O=S(=O)(F)CC1CC2(C1)CC2(F)F. The minimum atomic E-state index is -4.49. The van der Waals surface area contributed by atoms with E-state index in [1.807, 2.05) is 0 Å². The Bertz CT molecular complexity index is 330. The molecule has 2 aliphatic rings. The van der Waals surface area contributed by atoms with Crippen molar-refractivity contribution in [3.05, 3.63) is 0 Å². The quantitative estimate of drug-likeness (QED) is 0.656. The van der Waals surface area contributed by atoms with Gasteiger partial charge >= 0.3 is 10.2 Å². The van der Waals surface area contributed by atoms with Crippen LogP contribution in [0.25, 0.3) is 0 Å². The summed E-state index contributed by atoms with van der Waals surface area (Å²) in [6.07, 6.45) is 0.162. The molecule has 0 atom stereocenters. The van der Waals surface area contributed by atoms with Gasteiger partial charge in [-0.05, 0) is 18.8 Å². The summed E-state index contributed by atoms with van der Waals surface area (Å²) in [6, 6.07) is 0.